The first kappa shape index (κ1) is 34.8. The minimum Gasteiger partial charge on any atom is -0.305 e. The van der Waals surface area contributed by atoms with E-state index in [9.17, 15) is 4.39 Å². The zero-order chi connectivity index (χ0) is 31.6. The van der Waals surface area contributed by atoms with Crippen molar-refractivity contribution in [3.63, 3.8) is 0 Å². The van der Waals surface area contributed by atoms with Gasteiger partial charge in [0.1, 0.15) is 5.82 Å². The van der Waals surface area contributed by atoms with Crippen molar-refractivity contribution >= 4 is 44.8 Å². The van der Waals surface area contributed by atoms with Crippen molar-refractivity contribution in [2.24, 2.45) is 5.41 Å². The molecule has 235 valence electrons. The molecule has 0 unspecified atom stereocenters. The second-order valence-electron chi connectivity index (χ2n) is 13.9. The van der Waals surface area contributed by atoms with Crippen LogP contribution in [0.15, 0.2) is 85.2 Å². The molecule has 0 bridgehead atoms. The van der Waals surface area contributed by atoms with Crippen LogP contribution >= 0.6 is 11.3 Å². The summed E-state index contributed by atoms with van der Waals surface area (Å²) in [6, 6.07) is 30.1. The predicted octanol–water partition coefficient (Wildman–Crippen LogP) is 10.9. The Balaban J connectivity index is 0.000000201. The van der Waals surface area contributed by atoms with Gasteiger partial charge in [-0.15, -0.1) is 59.7 Å². The molecule has 0 spiro atoms. The molecule has 0 amide bonds. The number of benzene rings is 3. The van der Waals surface area contributed by atoms with Gasteiger partial charge in [0.25, 0.3) is 0 Å². The molecule has 0 N–H and O–H groups in total. The standard InChI is InChI=1S/C20H15FNS.C19H26NSi.Ir/c1-12(2)13-9-10-22-17(11-13)14-5-3-6-15-19-16(21)7-4-8-18(19)23-20(14)15;1-19(2,3)13-16-12-17(15-10-8-7-9-11-15)20-14-18(16)21(4,5)6;/h3-4,6-12H,1-2H3;7-10,12,14H,13H2,1-6H3;/q2*-1;. The number of thiophene rings is 1. The van der Waals surface area contributed by atoms with E-state index in [2.05, 4.69) is 95.8 Å². The van der Waals surface area contributed by atoms with Crippen LogP contribution in [-0.4, -0.2) is 18.0 Å². The number of halogens is 1. The normalized spacial score (nSPS) is 11.8. The summed E-state index contributed by atoms with van der Waals surface area (Å²) in [7, 11) is -1.37. The van der Waals surface area contributed by atoms with Gasteiger partial charge in [-0.3, -0.25) is 0 Å². The molecule has 0 aliphatic rings. The third-order valence-electron chi connectivity index (χ3n) is 7.62. The van der Waals surface area contributed by atoms with Gasteiger partial charge in [-0.05, 0) is 57.2 Å². The van der Waals surface area contributed by atoms with Crippen molar-refractivity contribution in [1.29, 1.82) is 0 Å². The number of aromatic nitrogens is 2. The van der Waals surface area contributed by atoms with Crippen LogP contribution in [0.3, 0.4) is 0 Å². The summed E-state index contributed by atoms with van der Waals surface area (Å²) in [5.41, 5.74) is 6.95. The minimum absolute atomic E-state index is 0. The van der Waals surface area contributed by atoms with Gasteiger partial charge in [0, 0.05) is 42.6 Å². The molecule has 6 rings (SSSR count). The monoisotopic (exact) mass is 809 g/mol. The zero-order valence-corrected chi connectivity index (χ0v) is 31.6. The van der Waals surface area contributed by atoms with Crippen LogP contribution in [0.5, 0.6) is 0 Å². The summed E-state index contributed by atoms with van der Waals surface area (Å²) in [5.74, 6) is 0.269. The van der Waals surface area contributed by atoms with E-state index in [1.807, 2.05) is 48.7 Å². The molecule has 6 aromatic rings. The summed E-state index contributed by atoms with van der Waals surface area (Å²) < 4.78 is 16.2. The fourth-order valence-electron chi connectivity index (χ4n) is 5.47. The van der Waals surface area contributed by atoms with Crippen molar-refractivity contribution in [3.8, 4) is 22.5 Å². The molecule has 6 heteroatoms. The van der Waals surface area contributed by atoms with Gasteiger partial charge in [0.05, 0.1) is 8.07 Å². The maximum absolute atomic E-state index is 14.2. The van der Waals surface area contributed by atoms with E-state index in [0.29, 0.717) is 11.3 Å². The molecule has 0 aliphatic heterocycles. The fraction of sp³-hybridized carbons (Fsp3) is 0.282. The van der Waals surface area contributed by atoms with Gasteiger partial charge in [-0.25, -0.2) is 4.39 Å². The summed E-state index contributed by atoms with van der Waals surface area (Å²) in [6.07, 6.45) is 5.05. The summed E-state index contributed by atoms with van der Waals surface area (Å²) in [6.45, 7) is 18.4. The van der Waals surface area contributed by atoms with E-state index in [0.717, 1.165) is 43.7 Å². The second kappa shape index (κ2) is 14.2. The number of rotatable bonds is 5. The average Bonchev–Trinajstić information content (AvgIpc) is 3.37. The molecule has 0 fully saturated rings. The average molecular weight is 809 g/mol. The molecule has 0 atom stereocenters. The molecular formula is C39H41FIrN2SSi-2. The molecule has 3 aromatic heterocycles. The van der Waals surface area contributed by atoms with E-state index in [1.54, 1.807) is 17.4 Å². The van der Waals surface area contributed by atoms with E-state index in [4.69, 9.17) is 4.98 Å². The van der Waals surface area contributed by atoms with Crippen molar-refractivity contribution in [2.75, 3.05) is 0 Å². The van der Waals surface area contributed by atoms with E-state index >= 15 is 0 Å². The summed E-state index contributed by atoms with van der Waals surface area (Å²) in [5, 5.41) is 3.12. The van der Waals surface area contributed by atoms with E-state index in [1.165, 1.54) is 22.4 Å². The second-order valence-corrected chi connectivity index (χ2v) is 20.0. The van der Waals surface area contributed by atoms with Crippen LogP contribution in [-0.2, 0) is 26.5 Å². The van der Waals surface area contributed by atoms with Gasteiger partial charge in [0.15, 0.2) is 0 Å². The largest absolute Gasteiger partial charge is 0.305 e. The van der Waals surface area contributed by atoms with E-state index in [-0.39, 0.29) is 31.3 Å². The Kier molecular flexibility index (Phi) is 11.0. The summed E-state index contributed by atoms with van der Waals surface area (Å²) in [4.78, 5) is 9.23. The fourth-order valence-corrected chi connectivity index (χ4v) is 8.27. The number of fused-ring (bicyclic) bond motifs is 3. The third kappa shape index (κ3) is 8.23. The van der Waals surface area contributed by atoms with Gasteiger partial charge in [0.2, 0.25) is 0 Å². The SMILES string of the molecule is CC(C)(C)Cc1cc(-c2[c-]cccc2)ncc1[Si](C)(C)C.CC(C)c1ccnc(-c2[c-]ccc3c2sc2cccc(F)c23)c1.[Ir]. The summed E-state index contributed by atoms with van der Waals surface area (Å²) >= 11 is 1.60. The number of nitrogens with zero attached hydrogens (tertiary/aromatic N) is 2. The Hall–Kier alpha value is -3.02. The molecule has 0 saturated heterocycles. The van der Waals surface area contributed by atoms with Crippen LogP contribution in [0, 0.1) is 23.4 Å². The van der Waals surface area contributed by atoms with Crippen molar-refractivity contribution in [3.05, 3.63) is 114 Å². The molecule has 3 heterocycles. The molecule has 45 heavy (non-hydrogen) atoms. The maximum Gasteiger partial charge on any atom is 0.130 e. The first-order valence-corrected chi connectivity index (χ1v) is 19.6. The van der Waals surface area contributed by atoms with Gasteiger partial charge >= 0.3 is 0 Å². The van der Waals surface area contributed by atoms with Gasteiger partial charge in [-0.2, -0.15) is 11.3 Å². The third-order valence-corrected chi connectivity index (χ3v) is 10.9. The van der Waals surface area contributed by atoms with Crippen molar-refractivity contribution in [2.45, 2.75) is 66.6 Å². The van der Waals surface area contributed by atoms with Gasteiger partial charge in [-0.1, -0.05) is 89.0 Å². The van der Waals surface area contributed by atoms with Crippen molar-refractivity contribution in [1.82, 2.24) is 9.97 Å². The van der Waals surface area contributed by atoms with E-state index < -0.39 is 8.07 Å². The van der Waals surface area contributed by atoms with Crippen LogP contribution in [0.1, 0.15) is 51.7 Å². The molecule has 0 aliphatic carbocycles. The Labute approximate surface area is 286 Å². The van der Waals surface area contributed by atoms with Gasteiger partial charge < -0.3 is 9.97 Å². The smallest absolute Gasteiger partial charge is 0.130 e. The Bertz CT molecular complexity index is 1900. The minimum atomic E-state index is -1.37. The molecule has 1 radical (unpaired) electrons. The Morgan fingerprint density at radius 3 is 2.33 bits per heavy atom. The Morgan fingerprint density at radius 2 is 1.67 bits per heavy atom. The molecule has 0 saturated carbocycles. The number of hydrogen-bond acceptors (Lipinski definition) is 3. The van der Waals surface area contributed by atoms with Crippen molar-refractivity contribution < 1.29 is 24.5 Å². The molecule has 3 aromatic carbocycles. The quantitative estimate of drug-likeness (QED) is 0.128. The van der Waals surface area contributed by atoms with Crippen LogP contribution in [0.25, 0.3) is 42.7 Å². The van der Waals surface area contributed by atoms with Crippen LogP contribution < -0.4 is 5.19 Å². The van der Waals surface area contributed by atoms with Crippen LogP contribution in [0.4, 0.5) is 4.39 Å². The van der Waals surface area contributed by atoms with Crippen LogP contribution in [0.2, 0.25) is 19.6 Å². The zero-order valence-electron chi connectivity index (χ0n) is 27.4. The first-order valence-electron chi connectivity index (χ1n) is 15.3. The number of hydrogen-bond donors (Lipinski definition) is 0. The topological polar surface area (TPSA) is 25.8 Å². The maximum atomic E-state index is 14.2. The molecule has 2 nitrogen and oxygen atoms in total. The Morgan fingerprint density at radius 1 is 0.889 bits per heavy atom. The predicted molar refractivity (Wildman–Crippen MR) is 190 cm³/mol. The number of pyridine rings is 2. The first-order chi connectivity index (χ1) is 20.8. The molecular weight excluding hydrogens is 768 g/mol.